The molecule has 2 heterocycles. The smallest absolute Gasteiger partial charge is 0.311 e. The Bertz CT molecular complexity index is 741. The van der Waals surface area contributed by atoms with Gasteiger partial charge in [0.15, 0.2) is 6.29 Å². The number of rotatable bonds is 3. The van der Waals surface area contributed by atoms with Crippen LogP contribution in [0.15, 0.2) is 11.3 Å². The highest BCUT2D eigenvalue weighted by atomic mass is 16.7. The molecule has 6 nitrogen and oxygen atoms in total. The molecule has 6 heteroatoms. The second kappa shape index (κ2) is 12.0. The van der Waals surface area contributed by atoms with E-state index in [4.69, 9.17) is 14.2 Å². The van der Waals surface area contributed by atoms with E-state index in [1.54, 1.807) is 6.92 Å². The SMILES string of the molecule is CCC1OC(=O)C(C)C(O[C@H]2CC(C)(C)CC(C)O2)C(C)CC(C)C/C(C)=C(\O)[C@H](C)C[C@]1(C)O. The molecule has 2 aliphatic rings. The Morgan fingerprint density at radius 2 is 1.69 bits per heavy atom. The highest BCUT2D eigenvalue weighted by Crippen LogP contribution is 2.39. The highest BCUT2D eigenvalue weighted by Gasteiger charge is 2.42. The third-order valence-corrected chi connectivity index (χ3v) is 8.05. The fourth-order valence-electron chi connectivity index (χ4n) is 6.45. The standard InChI is InChI=1S/C29H52O6/c1-11-23-29(10,32)14-20(5)25(30)18(3)12-17(2)13-19(4)26(22(7)27(31)34-23)35-24-16-28(8,9)15-21(6)33-24/h17,19-24,26,30,32H,11-16H2,1-10H3/b25-18-/t17?,19?,20-,21?,22?,23?,24+,26?,29+/m1/s1. The molecule has 1 fully saturated rings. The Kier molecular flexibility index (Phi) is 10.3. The average molecular weight is 497 g/mol. The van der Waals surface area contributed by atoms with Crippen molar-refractivity contribution in [1.82, 2.24) is 0 Å². The molecule has 0 saturated carbocycles. The molecule has 0 amide bonds. The van der Waals surface area contributed by atoms with Gasteiger partial charge in [-0.15, -0.1) is 0 Å². The Morgan fingerprint density at radius 3 is 2.26 bits per heavy atom. The Balaban J connectivity index is 2.39. The van der Waals surface area contributed by atoms with Gasteiger partial charge < -0.3 is 24.4 Å². The number of hydrogen-bond acceptors (Lipinski definition) is 6. The van der Waals surface area contributed by atoms with Crippen LogP contribution < -0.4 is 0 Å². The summed E-state index contributed by atoms with van der Waals surface area (Å²) in [5.41, 5.74) is -0.208. The zero-order valence-corrected chi connectivity index (χ0v) is 23.9. The summed E-state index contributed by atoms with van der Waals surface area (Å²) in [5, 5.41) is 22.2. The molecule has 2 rings (SSSR count). The number of hydrogen-bond donors (Lipinski definition) is 2. The molecule has 6 unspecified atom stereocenters. The summed E-state index contributed by atoms with van der Waals surface area (Å²) in [6.07, 6.45) is 2.82. The first-order valence-corrected chi connectivity index (χ1v) is 13.7. The van der Waals surface area contributed by atoms with Crippen LogP contribution in [-0.4, -0.2) is 46.4 Å². The van der Waals surface area contributed by atoms with Crippen molar-refractivity contribution in [2.75, 3.05) is 0 Å². The highest BCUT2D eigenvalue weighted by molar-refractivity contribution is 5.73. The van der Waals surface area contributed by atoms with E-state index in [1.165, 1.54) is 0 Å². The topological polar surface area (TPSA) is 85.2 Å². The molecule has 1 saturated heterocycles. The van der Waals surface area contributed by atoms with Gasteiger partial charge in [-0.3, -0.25) is 4.79 Å². The predicted molar refractivity (Wildman–Crippen MR) is 139 cm³/mol. The van der Waals surface area contributed by atoms with Gasteiger partial charge in [0.2, 0.25) is 0 Å². The maximum atomic E-state index is 13.4. The van der Waals surface area contributed by atoms with Crippen LogP contribution in [0.25, 0.3) is 0 Å². The van der Waals surface area contributed by atoms with Crippen LogP contribution in [0, 0.1) is 29.1 Å². The minimum Gasteiger partial charge on any atom is -0.512 e. The number of carbonyl (C=O) groups excluding carboxylic acids is 1. The van der Waals surface area contributed by atoms with Crippen molar-refractivity contribution in [1.29, 1.82) is 0 Å². The Hall–Kier alpha value is -1.11. The minimum atomic E-state index is -1.26. The maximum Gasteiger partial charge on any atom is 0.311 e. The van der Waals surface area contributed by atoms with Crippen molar-refractivity contribution >= 4 is 5.97 Å². The predicted octanol–water partition coefficient (Wildman–Crippen LogP) is 6.56. The summed E-state index contributed by atoms with van der Waals surface area (Å²) in [6.45, 7) is 20.2. The Labute approximate surface area is 213 Å². The molecule has 204 valence electrons. The number of allylic oxidation sites excluding steroid dienone is 2. The first-order chi connectivity index (χ1) is 16.1. The van der Waals surface area contributed by atoms with E-state index in [2.05, 4.69) is 34.6 Å². The maximum absolute atomic E-state index is 13.4. The molecular weight excluding hydrogens is 444 g/mol. The third-order valence-electron chi connectivity index (χ3n) is 8.05. The molecule has 0 aromatic rings. The first kappa shape index (κ1) is 30.1. The molecule has 0 radical (unpaired) electrons. The number of esters is 1. The molecular formula is C29H52O6. The third kappa shape index (κ3) is 8.19. The average Bonchev–Trinajstić information content (AvgIpc) is 2.71. The summed E-state index contributed by atoms with van der Waals surface area (Å²) in [6, 6.07) is 0. The zero-order valence-electron chi connectivity index (χ0n) is 23.9. The summed E-state index contributed by atoms with van der Waals surface area (Å²) < 4.78 is 18.7. The lowest BCUT2D eigenvalue weighted by Crippen LogP contribution is -2.47. The largest absolute Gasteiger partial charge is 0.512 e. The van der Waals surface area contributed by atoms with Crippen LogP contribution in [0.1, 0.15) is 108 Å². The van der Waals surface area contributed by atoms with E-state index in [9.17, 15) is 15.0 Å². The van der Waals surface area contributed by atoms with Gasteiger partial charge in [0.1, 0.15) is 6.10 Å². The van der Waals surface area contributed by atoms with E-state index in [1.807, 2.05) is 27.7 Å². The minimum absolute atomic E-state index is 0.0763. The monoisotopic (exact) mass is 496 g/mol. The summed E-state index contributed by atoms with van der Waals surface area (Å²) in [7, 11) is 0. The molecule has 35 heavy (non-hydrogen) atoms. The number of cyclic esters (lactones) is 1. The molecule has 9 atom stereocenters. The summed E-state index contributed by atoms with van der Waals surface area (Å²) >= 11 is 0. The number of aliphatic hydroxyl groups excluding tert-OH is 1. The van der Waals surface area contributed by atoms with Crippen LogP contribution in [-0.2, 0) is 19.0 Å². The van der Waals surface area contributed by atoms with Crippen molar-refractivity contribution in [2.24, 2.45) is 29.1 Å². The first-order valence-electron chi connectivity index (χ1n) is 13.7. The van der Waals surface area contributed by atoms with E-state index < -0.39 is 17.6 Å². The van der Waals surface area contributed by atoms with Crippen molar-refractivity contribution < 1.29 is 29.2 Å². The molecule has 0 bridgehead atoms. The van der Waals surface area contributed by atoms with Crippen molar-refractivity contribution in [3.63, 3.8) is 0 Å². The van der Waals surface area contributed by atoms with E-state index in [-0.39, 0.29) is 41.7 Å². The Morgan fingerprint density at radius 1 is 1.06 bits per heavy atom. The van der Waals surface area contributed by atoms with E-state index in [0.717, 1.165) is 31.3 Å². The number of carbonyl (C=O) groups is 1. The normalized spacial score (nSPS) is 44.4. The van der Waals surface area contributed by atoms with E-state index in [0.29, 0.717) is 24.5 Å². The quantitative estimate of drug-likeness (QED) is 0.431. The van der Waals surface area contributed by atoms with Crippen LogP contribution in [0.5, 0.6) is 0 Å². The van der Waals surface area contributed by atoms with Crippen LogP contribution in [0.4, 0.5) is 0 Å². The van der Waals surface area contributed by atoms with Crippen molar-refractivity contribution in [3.05, 3.63) is 11.3 Å². The van der Waals surface area contributed by atoms with Crippen molar-refractivity contribution in [3.8, 4) is 0 Å². The lowest BCUT2D eigenvalue weighted by Gasteiger charge is -2.42. The van der Waals surface area contributed by atoms with Gasteiger partial charge in [-0.1, -0.05) is 41.5 Å². The van der Waals surface area contributed by atoms with Crippen molar-refractivity contribution in [2.45, 2.75) is 138 Å². The van der Waals surface area contributed by atoms with E-state index >= 15 is 0 Å². The van der Waals surface area contributed by atoms with Crippen LogP contribution in [0.3, 0.4) is 0 Å². The fraction of sp³-hybridized carbons (Fsp3) is 0.897. The lowest BCUT2D eigenvalue weighted by atomic mass is 9.80. The van der Waals surface area contributed by atoms with Crippen LogP contribution in [0.2, 0.25) is 0 Å². The summed E-state index contributed by atoms with van der Waals surface area (Å²) in [4.78, 5) is 13.4. The molecule has 0 aliphatic carbocycles. The molecule has 0 spiro atoms. The van der Waals surface area contributed by atoms with Gasteiger partial charge in [-0.2, -0.15) is 0 Å². The number of ether oxygens (including phenoxy) is 3. The van der Waals surface area contributed by atoms with Crippen LogP contribution >= 0.6 is 0 Å². The molecule has 2 aliphatic heterocycles. The van der Waals surface area contributed by atoms with Gasteiger partial charge in [0.05, 0.1) is 29.5 Å². The van der Waals surface area contributed by atoms with Gasteiger partial charge in [-0.25, -0.2) is 0 Å². The second-order valence-electron chi connectivity index (χ2n) is 12.8. The van der Waals surface area contributed by atoms with Gasteiger partial charge in [-0.05, 0) is 82.6 Å². The number of aliphatic hydroxyl groups is 2. The van der Waals surface area contributed by atoms with Gasteiger partial charge in [0.25, 0.3) is 0 Å². The van der Waals surface area contributed by atoms with Gasteiger partial charge >= 0.3 is 5.97 Å². The lowest BCUT2D eigenvalue weighted by molar-refractivity contribution is -0.249. The molecule has 0 aromatic carbocycles. The van der Waals surface area contributed by atoms with Gasteiger partial charge in [0, 0.05) is 12.3 Å². The summed E-state index contributed by atoms with van der Waals surface area (Å²) in [5.74, 6) is -0.388. The molecule has 0 aromatic heterocycles. The molecule has 2 N–H and O–H groups in total. The zero-order chi connectivity index (χ0) is 26.7. The fourth-order valence-corrected chi connectivity index (χ4v) is 6.45. The second-order valence-corrected chi connectivity index (χ2v) is 12.8.